The van der Waals surface area contributed by atoms with E-state index in [0.29, 0.717) is 0 Å². The third-order valence-corrected chi connectivity index (χ3v) is 3.26. The minimum atomic E-state index is 1.21. The summed E-state index contributed by atoms with van der Waals surface area (Å²) in [5, 5.41) is 0. The Morgan fingerprint density at radius 1 is 0.625 bits per heavy atom. The van der Waals surface area contributed by atoms with Crippen molar-refractivity contribution in [3.63, 3.8) is 0 Å². The highest BCUT2D eigenvalue weighted by Crippen LogP contribution is 2.39. The molecule has 0 fully saturated rings. The number of H-pyrrole nitrogens is 2. The summed E-state index contributed by atoms with van der Waals surface area (Å²) in [5.74, 6) is 0. The first kappa shape index (κ1) is 7.99. The Labute approximate surface area is 93.0 Å². The van der Waals surface area contributed by atoms with Gasteiger partial charge in [-0.15, -0.1) is 0 Å². The number of nitrogens with one attached hydrogen (secondary N) is 2. The molecule has 0 bridgehead atoms. The Bertz CT molecular complexity index is 604. The monoisotopic (exact) mass is 206 g/mol. The average molecular weight is 206 g/mol. The van der Waals surface area contributed by atoms with Crippen molar-refractivity contribution in [2.75, 3.05) is 0 Å². The third-order valence-electron chi connectivity index (χ3n) is 3.26. The summed E-state index contributed by atoms with van der Waals surface area (Å²) in [6, 6.07) is 4.27. The van der Waals surface area contributed by atoms with Crippen LogP contribution in [0.15, 0.2) is 36.7 Å². The molecule has 0 saturated heterocycles. The van der Waals surface area contributed by atoms with Gasteiger partial charge in [-0.05, 0) is 35.4 Å². The van der Waals surface area contributed by atoms with Crippen LogP contribution in [-0.2, 0) is 0 Å². The first-order chi connectivity index (χ1) is 7.93. The van der Waals surface area contributed by atoms with Gasteiger partial charge in [0, 0.05) is 34.9 Å². The second-order valence-electron chi connectivity index (χ2n) is 4.10. The molecule has 0 atom stereocenters. The predicted octanol–water partition coefficient (Wildman–Crippen LogP) is 3.31. The van der Waals surface area contributed by atoms with Gasteiger partial charge in [-0.2, -0.15) is 0 Å². The van der Waals surface area contributed by atoms with Gasteiger partial charge < -0.3 is 9.97 Å². The third kappa shape index (κ3) is 0.865. The molecule has 0 aromatic carbocycles. The van der Waals surface area contributed by atoms with Gasteiger partial charge in [0.05, 0.1) is 0 Å². The highest BCUT2D eigenvalue weighted by Gasteiger charge is 2.19. The van der Waals surface area contributed by atoms with Crippen molar-refractivity contribution in [1.82, 2.24) is 9.97 Å². The maximum absolute atomic E-state index is 3.24. The fraction of sp³-hybridized carbons (Fsp3) is 0. The van der Waals surface area contributed by atoms with Crippen LogP contribution in [0.5, 0.6) is 0 Å². The highest BCUT2D eigenvalue weighted by atomic mass is 14.7. The van der Waals surface area contributed by atoms with Crippen molar-refractivity contribution in [1.29, 1.82) is 0 Å². The van der Waals surface area contributed by atoms with Gasteiger partial charge in [-0.25, -0.2) is 0 Å². The standard InChI is InChI=1S/C14H10N2/c1-3-13-11(5-7-15-13)9(1)10-2-4-14-12(10)6-8-16-14/h1-8,15-16H/b10-9+. The lowest BCUT2D eigenvalue weighted by Gasteiger charge is -2.01. The second kappa shape index (κ2) is 2.67. The summed E-state index contributed by atoms with van der Waals surface area (Å²) in [4.78, 5) is 6.47. The summed E-state index contributed by atoms with van der Waals surface area (Å²) in [6.45, 7) is 0. The molecule has 2 nitrogen and oxygen atoms in total. The largest absolute Gasteiger partial charge is 0.361 e. The molecule has 0 saturated carbocycles. The number of fused-ring (bicyclic) bond motifs is 2. The summed E-state index contributed by atoms with van der Waals surface area (Å²) in [6.07, 6.45) is 12.6. The number of rotatable bonds is 0. The van der Waals surface area contributed by atoms with E-state index in [1.165, 1.54) is 33.7 Å². The van der Waals surface area contributed by atoms with Crippen molar-refractivity contribution >= 4 is 23.3 Å². The molecule has 0 unspecified atom stereocenters. The van der Waals surface area contributed by atoms with E-state index in [1.807, 2.05) is 12.4 Å². The van der Waals surface area contributed by atoms with Crippen LogP contribution in [0.25, 0.3) is 23.3 Å². The molecule has 4 rings (SSSR count). The van der Waals surface area contributed by atoms with Crippen LogP contribution in [0.4, 0.5) is 0 Å². The molecular formula is C14H10N2. The molecule has 2 aliphatic carbocycles. The number of allylic oxidation sites excluding steroid dienone is 4. The van der Waals surface area contributed by atoms with Gasteiger partial charge in [0.25, 0.3) is 0 Å². The summed E-state index contributed by atoms with van der Waals surface area (Å²) in [5.41, 5.74) is 7.64. The second-order valence-corrected chi connectivity index (χ2v) is 4.10. The van der Waals surface area contributed by atoms with Gasteiger partial charge in [-0.1, -0.05) is 12.2 Å². The summed E-state index contributed by atoms with van der Waals surface area (Å²) < 4.78 is 0. The van der Waals surface area contributed by atoms with Crippen LogP contribution in [-0.4, -0.2) is 9.97 Å². The normalized spacial score (nSPS) is 20.5. The minimum absolute atomic E-state index is 1.21. The first-order valence-corrected chi connectivity index (χ1v) is 5.39. The van der Waals surface area contributed by atoms with Crippen LogP contribution >= 0.6 is 0 Å². The SMILES string of the molecule is C1=Cc2[nH]ccc2/C1=C1\C=Cc2[nH]ccc21. The molecule has 2 heteroatoms. The molecule has 2 aromatic rings. The smallest absolute Gasteiger partial charge is 0.0460 e. The maximum atomic E-state index is 3.24. The molecule has 16 heavy (non-hydrogen) atoms. The van der Waals surface area contributed by atoms with Crippen molar-refractivity contribution in [2.45, 2.75) is 0 Å². The lowest BCUT2D eigenvalue weighted by molar-refractivity contribution is 1.38. The number of aromatic nitrogens is 2. The van der Waals surface area contributed by atoms with Crippen molar-refractivity contribution in [3.05, 3.63) is 59.2 Å². The van der Waals surface area contributed by atoms with E-state index in [2.05, 4.69) is 46.4 Å². The first-order valence-electron chi connectivity index (χ1n) is 5.39. The Kier molecular flexibility index (Phi) is 1.33. The molecule has 2 aromatic heterocycles. The number of aromatic amines is 2. The molecule has 2 N–H and O–H groups in total. The van der Waals surface area contributed by atoms with E-state index in [4.69, 9.17) is 0 Å². The lowest BCUT2D eigenvalue weighted by atomic mass is 10.0. The van der Waals surface area contributed by atoms with Crippen LogP contribution in [0.2, 0.25) is 0 Å². The van der Waals surface area contributed by atoms with E-state index in [1.54, 1.807) is 0 Å². The Morgan fingerprint density at radius 2 is 1.12 bits per heavy atom. The topological polar surface area (TPSA) is 31.6 Å². The number of hydrogen-bond donors (Lipinski definition) is 2. The predicted molar refractivity (Wildman–Crippen MR) is 66.5 cm³/mol. The average Bonchev–Trinajstić information content (AvgIpc) is 2.97. The molecule has 0 aliphatic heterocycles. The molecule has 0 spiro atoms. The van der Waals surface area contributed by atoms with Crippen LogP contribution in [0, 0.1) is 0 Å². The van der Waals surface area contributed by atoms with Crippen LogP contribution in [0.3, 0.4) is 0 Å². The quantitative estimate of drug-likeness (QED) is 0.662. The van der Waals surface area contributed by atoms with Crippen molar-refractivity contribution in [2.24, 2.45) is 0 Å². The summed E-state index contributed by atoms with van der Waals surface area (Å²) >= 11 is 0. The van der Waals surface area contributed by atoms with Crippen molar-refractivity contribution in [3.8, 4) is 0 Å². The Morgan fingerprint density at radius 3 is 1.62 bits per heavy atom. The van der Waals surface area contributed by atoms with Gasteiger partial charge in [0.1, 0.15) is 0 Å². The molecule has 76 valence electrons. The number of hydrogen-bond acceptors (Lipinski definition) is 0. The molecule has 0 radical (unpaired) electrons. The van der Waals surface area contributed by atoms with E-state index in [-0.39, 0.29) is 0 Å². The van der Waals surface area contributed by atoms with Crippen LogP contribution < -0.4 is 0 Å². The molecule has 2 aliphatic rings. The van der Waals surface area contributed by atoms with E-state index < -0.39 is 0 Å². The fourth-order valence-corrected chi connectivity index (χ4v) is 2.49. The Balaban J connectivity index is 2.02. The van der Waals surface area contributed by atoms with Gasteiger partial charge in [0.15, 0.2) is 0 Å². The van der Waals surface area contributed by atoms with Gasteiger partial charge in [0.2, 0.25) is 0 Å². The van der Waals surface area contributed by atoms with Crippen LogP contribution in [0.1, 0.15) is 22.5 Å². The van der Waals surface area contributed by atoms with E-state index >= 15 is 0 Å². The van der Waals surface area contributed by atoms with Crippen molar-refractivity contribution < 1.29 is 0 Å². The molecule has 2 heterocycles. The van der Waals surface area contributed by atoms with Gasteiger partial charge >= 0.3 is 0 Å². The van der Waals surface area contributed by atoms with E-state index in [9.17, 15) is 0 Å². The minimum Gasteiger partial charge on any atom is -0.361 e. The zero-order valence-electron chi connectivity index (χ0n) is 8.62. The van der Waals surface area contributed by atoms with Gasteiger partial charge in [-0.3, -0.25) is 0 Å². The highest BCUT2D eigenvalue weighted by molar-refractivity contribution is 6.09. The zero-order valence-corrected chi connectivity index (χ0v) is 8.62. The lowest BCUT2D eigenvalue weighted by Crippen LogP contribution is -1.82. The zero-order chi connectivity index (χ0) is 10.5. The van der Waals surface area contributed by atoms with E-state index in [0.717, 1.165) is 0 Å². The summed E-state index contributed by atoms with van der Waals surface area (Å²) in [7, 11) is 0. The molecular weight excluding hydrogens is 196 g/mol. The molecule has 0 amide bonds. The Hall–Kier alpha value is -2.22. The fourth-order valence-electron chi connectivity index (χ4n) is 2.49. The maximum Gasteiger partial charge on any atom is 0.0460 e.